The summed E-state index contributed by atoms with van der Waals surface area (Å²) in [7, 11) is 0. The van der Waals surface area contributed by atoms with Crippen LogP contribution in [0.5, 0.6) is 0 Å². The van der Waals surface area contributed by atoms with E-state index in [-0.39, 0.29) is 0 Å². The number of anilines is 1. The van der Waals surface area contributed by atoms with E-state index in [2.05, 4.69) is 20.4 Å². The van der Waals surface area contributed by atoms with Crippen molar-refractivity contribution in [1.82, 2.24) is 20.4 Å². The molecule has 0 aliphatic rings. The maximum atomic E-state index is 5.90. The number of rotatable bonds is 1. The minimum atomic E-state index is 0.548. The first-order valence-corrected chi connectivity index (χ1v) is 6.11. The van der Waals surface area contributed by atoms with Gasteiger partial charge in [0.05, 0.1) is 16.9 Å². The zero-order chi connectivity index (χ0) is 13.7. The number of nitrogens with two attached hydrogens (primary N) is 1. The highest BCUT2D eigenvalue weighted by Gasteiger charge is 2.06. The molecule has 2 heterocycles. The molecule has 0 radical (unpaired) electrons. The van der Waals surface area contributed by atoms with Crippen molar-refractivity contribution in [2.75, 3.05) is 5.73 Å². The van der Waals surface area contributed by atoms with Crippen molar-refractivity contribution in [3.05, 3.63) is 52.9 Å². The number of aromatic amines is 2. The molecule has 0 saturated heterocycles. The number of halogens is 2. The Bertz CT molecular complexity index is 596. The molecule has 0 fully saturated rings. The van der Waals surface area contributed by atoms with Crippen LogP contribution in [-0.2, 0) is 0 Å². The van der Waals surface area contributed by atoms with Crippen LogP contribution < -0.4 is 5.73 Å². The molecule has 5 nitrogen and oxygen atoms in total. The molecule has 19 heavy (non-hydrogen) atoms. The lowest BCUT2D eigenvalue weighted by Gasteiger charge is -2.01. The monoisotopic (exact) mass is 295 g/mol. The number of nitrogen functional groups attached to an aromatic ring is 1. The van der Waals surface area contributed by atoms with Gasteiger partial charge in [0.1, 0.15) is 0 Å². The van der Waals surface area contributed by atoms with Gasteiger partial charge in [-0.1, -0.05) is 23.2 Å². The molecule has 7 heteroatoms. The van der Waals surface area contributed by atoms with Gasteiger partial charge in [-0.05, 0) is 24.3 Å². The van der Waals surface area contributed by atoms with Gasteiger partial charge in [0, 0.05) is 28.7 Å². The number of benzene rings is 1. The van der Waals surface area contributed by atoms with Gasteiger partial charge in [-0.3, -0.25) is 10.2 Å². The Kier molecular flexibility index (Phi) is 4.43. The van der Waals surface area contributed by atoms with Gasteiger partial charge in [0.25, 0.3) is 0 Å². The smallest absolute Gasteiger partial charge is 0.0863 e. The molecule has 1 aromatic carbocycles. The summed E-state index contributed by atoms with van der Waals surface area (Å²) in [5.74, 6) is 0. The van der Waals surface area contributed by atoms with Crippen molar-refractivity contribution in [1.29, 1.82) is 0 Å². The first kappa shape index (κ1) is 13.5. The summed E-state index contributed by atoms with van der Waals surface area (Å²) in [6, 6.07) is 7.07. The van der Waals surface area contributed by atoms with Crippen molar-refractivity contribution in [2.24, 2.45) is 0 Å². The molecule has 4 N–H and O–H groups in total. The third-order valence-electron chi connectivity index (χ3n) is 2.21. The lowest BCUT2D eigenvalue weighted by Crippen LogP contribution is -1.86. The Labute approximate surface area is 119 Å². The highest BCUT2D eigenvalue weighted by molar-refractivity contribution is 6.33. The third-order valence-corrected chi connectivity index (χ3v) is 2.71. The van der Waals surface area contributed by atoms with Gasteiger partial charge in [-0.25, -0.2) is 0 Å². The van der Waals surface area contributed by atoms with Gasteiger partial charge in [0.2, 0.25) is 0 Å². The number of aromatic nitrogens is 4. The average Bonchev–Trinajstić information content (AvgIpc) is 3.00. The van der Waals surface area contributed by atoms with Gasteiger partial charge in [0.15, 0.2) is 0 Å². The molecule has 0 aliphatic carbocycles. The fraction of sp³-hybridized carbons (Fsp3) is 0. The maximum absolute atomic E-state index is 5.90. The standard InChI is InChI=1S/C9H7Cl2N3.C3H4N2/c10-6-1-5(2-7(12)3-6)9-8(11)4-13-14-9;1-2-4-5-3-1/h1-4H,12H2,(H,13,14);1-3H,(H,4,5). The molecule has 0 aliphatic heterocycles. The van der Waals surface area contributed by atoms with Gasteiger partial charge in [-0.15, -0.1) is 0 Å². The summed E-state index contributed by atoms with van der Waals surface area (Å²) >= 11 is 11.8. The van der Waals surface area contributed by atoms with E-state index < -0.39 is 0 Å². The Morgan fingerprint density at radius 1 is 1.11 bits per heavy atom. The number of H-pyrrole nitrogens is 2. The molecule has 98 valence electrons. The normalized spacial score (nSPS) is 9.79. The Morgan fingerprint density at radius 2 is 1.95 bits per heavy atom. The molecule has 0 atom stereocenters. The predicted molar refractivity (Wildman–Crippen MR) is 77.0 cm³/mol. The van der Waals surface area contributed by atoms with Crippen LogP contribution in [0.4, 0.5) is 5.69 Å². The molecule has 0 unspecified atom stereocenters. The predicted octanol–water partition coefficient (Wildman–Crippen LogP) is 3.38. The van der Waals surface area contributed by atoms with Crippen LogP contribution in [0.1, 0.15) is 0 Å². The Hall–Kier alpha value is -1.98. The minimum Gasteiger partial charge on any atom is -0.399 e. The minimum absolute atomic E-state index is 0.548. The van der Waals surface area contributed by atoms with Crippen LogP contribution in [0.15, 0.2) is 42.9 Å². The summed E-state index contributed by atoms with van der Waals surface area (Å²) in [4.78, 5) is 0. The largest absolute Gasteiger partial charge is 0.399 e. The van der Waals surface area contributed by atoms with Gasteiger partial charge in [-0.2, -0.15) is 10.2 Å². The fourth-order valence-electron chi connectivity index (χ4n) is 1.45. The summed E-state index contributed by atoms with van der Waals surface area (Å²) < 4.78 is 0. The Balaban J connectivity index is 0.000000224. The van der Waals surface area contributed by atoms with Crippen molar-refractivity contribution < 1.29 is 0 Å². The average molecular weight is 296 g/mol. The molecule has 3 rings (SSSR count). The zero-order valence-corrected chi connectivity index (χ0v) is 11.3. The van der Waals surface area contributed by atoms with Crippen molar-refractivity contribution >= 4 is 28.9 Å². The number of nitrogens with one attached hydrogen (secondary N) is 2. The van der Waals surface area contributed by atoms with Crippen LogP contribution in [0.25, 0.3) is 11.3 Å². The summed E-state index contributed by atoms with van der Waals surface area (Å²) in [5, 5.41) is 13.9. The lowest BCUT2D eigenvalue weighted by molar-refractivity contribution is 1.09. The first-order valence-electron chi connectivity index (χ1n) is 5.36. The third kappa shape index (κ3) is 3.74. The van der Waals surface area contributed by atoms with Crippen LogP contribution in [0, 0.1) is 0 Å². The molecule has 2 aromatic heterocycles. The molecule has 0 saturated carbocycles. The van der Waals surface area contributed by atoms with Gasteiger partial charge < -0.3 is 5.73 Å². The fourth-order valence-corrected chi connectivity index (χ4v) is 1.89. The number of nitrogens with zero attached hydrogens (tertiary/aromatic N) is 2. The molecular weight excluding hydrogens is 285 g/mol. The SMILES string of the molecule is Nc1cc(Cl)cc(-c2[nH]ncc2Cl)c1.c1cn[nH]c1. The topological polar surface area (TPSA) is 83.4 Å². The second-order valence-corrected chi connectivity index (χ2v) is 4.48. The first-order chi connectivity index (χ1) is 9.16. The highest BCUT2D eigenvalue weighted by Crippen LogP contribution is 2.29. The van der Waals surface area contributed by atoms with Gasteiger partial charge >= 0.3 is 0 Å². The van der Waals surface area contributed by atoms with E-state index in [0.29, 0.717) is 15.7 Å². The molecule has 3 aromatic rings. The second-order valence-electron chi connectivity index (χ2n) is 3.63. The van der Waals surface area contributed by atoms with Crippen LogP contribution in [0.3, 0.4) is 0 Å². The summed E-state index contributed by atoms with van der Waals surface area (Å²) in [5.41, 5.74) is 7.80. The quantitative estimate of drug-likeness (QED) is 0.602. The lowest BCUT2D eigenvalue weighted by atomic mass is 10.1. The van der Waals surface area contributed by atoms with Crippen molar-refractivity contribution in [3.8, 4) is 11.3 Å². The van der Waals surface area contributed by atoms with Crippen molar-refractivity contribution in [2.45, 2.75) is 0 Å². The second kappa shape index (κ2) is 6.26. The number of hydrogen-bond acceptors (Lipinski definition) is 3. The van der Waals surface area contributed by atoms with Crippen molar-refractivity contribution in [3.63, 3.8) is 0 Å². The molecule has 0 spiro atoms. The highest BCUT2D eigenvalue weighted by atomic mass is 35.5. The number of hydrogen-bond donors (Lipinski definition) is 3. The van der Waals surface area contributed by atoms with E-state index in [0.717, 1.165) is 11.3 Å². The summed E-state index contributed by atoms with van der Waals surface area (Å²) in [6.07, 6.45) is 4.99. The van der Waals surface area contributed by atoms with Crippen LogP contribution in [0.2, 0.25) is 10.0 Å². The van der Waals surface area contributed by atoms with E-state index in [1.165, 1.54) is 6.20 Å². The zero-order valence-electron chi connectivity index (χ0n) is 9.77. The molecular formula is C12H11Cl2N5. The van der Waals surface area contributed by atoms with Crippen LogP contribution in [-0.4, -0.2) is 20.4 Å². The van der Waals surface area contributed by atoms with Crippen LogP contribution >= 0.6 is 23.2 Å². The molecule has 0 amide bonds. The Morgan fingerprint density at radius 3 is 2.42 bits per heavy atom. The maximum Gasteiger partial charge on any atom is 0.0863 e. The van der Waals surface area contributed by atoms with E-state index in [4.69, 9.17) is 28.9 Å². The molecule has 0 bridgehead atoms. The van der Waals surface area contributed by atoms with E-state index in [9.17, 15) is 0 Å². The summed E-state index contributed by atoms with van der Waals surface area (Å²) in [6.45, 7) is 0. The van der Waals surface area contributed by atoms with E-state index in [1.807, 2.05) is 6.07 Å². The van der Waals surface area contributed by atoms with E-state index in [1.54, 1.807) is 30.6 Å². The van der Waals surface area contributed by atoms with E-state index >= 15 is 0 Å².